The number of rotatable bonds is 5. The van der Waals surface area contributed by atoms with E-state index in [1.165, 1.54) is 4.68 Å². The van der Waals surface area contributed by atoms with Crippen LogP contribution in [0.1, 0.15) is 43.6 Å². The van der Waals surface area contributed by atoms with E-state index in [0.717, 1.165) is 26.0 Å². The Balaban J connectivity index is 1.75. The smallest absolute Gasteiger partial charge is 0.276 e. The molecule has 0 bridgehead atoms. The minimum Gasteiger partial charge on any atom is -0.348 e. The molecule has 0 aliphatic heterocycles. The molecule has 2 heterocycles. The number of benzene rings is 2. The number of amides is 1. The molecule has 4 rings (SSSR count). The number of fused-ring (bicyclic) bond motifs is 3. The molecular formula is C23H23N3O2S. The number of carbonyl (C=O) groups is 1. The van der Waals surface area contributed by atoms with E-state index < -0.39 is 6.04 Å². The maximum Gasteiger partial charge on any atom is 0.276 e. The fraction of sp³-hybridized carbons (Fsp3) is 0.261. The van der Waals surface area contributed by atoms with E-state index >= 15 is 0 Å². The van der Waals surface area contributed by atoms with Gasteiger partial charge < -0.3 is 5.32 Å². The summed E-state index contributed by atoms with van der Waals surface area (Å²) >= 11 is 1.57. The number of thiophene rings is 1. The quantitative estimate of drug-likeness (QED) is 0.521. The molecule has 1 N–H and O–H groups in total. The number of aryl methyl sites for hydroxylation is 1. The summed E-state index contributed by atoms with van der Waals surface area (Å²) in [5.74, 6) is -0.197. The van der Waals surface area contributed by atoms with E-state index in [-0.39, 0.29) is 17.5 Å². The number of hydrogen-bond acceptors (Lipinski definition) is 4. The lowest BCUT2D eigenvalue weighted by Crippen LogP contribution is -2.39. The molecule has 0 fully saturated rings. The van der Waals surface area contributed by atoms with Crippen molar-refractivity contribution < 1.29 is 4.79 Å². The van der Waals surface area contributed by atoms with Crippen molar-refractivity contribution in [2.24, 2.45) is 0 Å². The van der Waals surface area contributed by atoms with E-state index in [2.05, 4.69) is 10.4 Å². The van der Waals surface area contributed by atoms with E-state index in [1.807, 2.05) is 75.4 Å². The van der Waals surface area contributed by atoms with Crippen molar-refractivity contribution in [1.82, 2.24) is 15.1 Å². The minimum absolute atomic E-state index is 0.153. The van der Waals surface area contributed by atoms with Crippen LogP contribution in [0.15, 0.2) is 59.4 Å². The number of aromatic nitrogens is 2. The zero-order valence-corrected chi connectivity index (χ0v) is 17.5. The Morgan fingerprint density at radius 1 is 1.14 bits per heavy atom. The van der Waals surface area contributed by atoms with Crippen molar-refractivity contribution in [3.05, 3.63) is 76.2 Å². The van der Waals surface area contributed by atoms with Crippen LogP contribution < -0.4 is 10.9 Å². The maximum atomic E-state index is 13.3. The van der Waals surface area contributed by atoms with Crippen LogP contribution in [0.3, 0.4) is 0 Å². The van der Waals surface area contributed by atoms with Crippen LogP contribution >= 0.6 is 11.3 Å². The Morgan fingerprint density at radius 2 is 1.83 bits per heavy atom. The third-order valence-electron chi connectivity index (χ3n) is 5.25. The van der Waals surface area contributed by atoms with Crippen molar-refractivity contribution >= 4 is 37.4 Å². The van der Waals surface area contributed by atoms with Gasteiger partial charge in [-0.15, -0.1) is 11.3 Å². The number of carbonyl (C=O) groups excluding carboxylic acids is 1. The fourth-order valence-electron chi connectivity index (χ4n) is 3.69. The molecule has 5 nitrogen and oxygen atoms in total. The number of nitrogens with zero attached hydrogens (tertiary/aromatic N) is 2. The van der Waals surface area contributed by atoms with Gasteiger partial charge in [-0.05, 0) is 31.9 Å². The molecule has 6 heteroatoms. The first-order valence-corrected chi connectivity index (χ1v) is 10.6. The summed E-state index contributed by atoms with van der Waals surface area (Å²) in [6.45, 7) is 5.73. The van der Waals surface area contributed by atoms with Crippen LogP contribution in [0.2, 0.25) is 0 Å². The summed E-state index contributed by atoms with van der Waals surface area (Å²) < 4.78 is 3.31. The molecular weight excluding hydrogens is 382 g/mol. The topological polar surface area (TPSA) is 64.0 Å². The average molecular weight is 406 g/mol. The number of nitrogens with one attached hydrogen (secondary N) is 1. The van der Waals surface area contributed by atoms with E-state index in [0.29, 0.717) is 11.8 Å². The Hall–Kier alpha value is -2.99. The van der Waals surface area contributed by atoms with E-state index in [4.69, 9.17) is 0 Å². The van der Waals surface area contributed by atoms with Gasteiger partial charge in [0.15, 0.2) is 0 Å². The standard InChI is InChI=1S/C23H23N3O2S/c1-4-18(22(27)24-14(2)16-10-6-5-7-11-16)26-23(28)20-17-12-8-9-13-19(17)29-21(20)15(3)25-26/h5-14,18H,4H2,1-3H3,(H,24,27)/t14-,18-/m1/s1. The largest absolute Gasteiger partial charge is 0.348 e. The van der Waals surface area contributed by atoms with Crippen molar-refractivity contribution in [3.63, 3.8) is 0 Å². The van der Waals surface area contributed by atoms with Crippen LogP contribution in [-0.4, -0.2) is 15.7 Å². The average Bonchev–Trinajstić information content (AvgIpc) is 3.13. The van der Waals surface area contributed by atoms with E-state index in [1.54, 1.807) is 11.3 Å². The monoisotopic (exact) mass is 405 g/mol. The van der Waals surface area contributed by atoms with E-state index in [9.17, 15) is 9.59 Å². The second-order valence-electron chi connectivity index (χ2n) is 7.20. The first-order valence-electron chi connectivity index (χ1n) is 9.77. The van der Waals surface area contributed by atoms with Gasteiger partial charge >= 0.3 is 0 Å². The van der Waals surface area contributed by atoms with Gasteiger partial charge in [0.1, 0.15) is 6.04 Å². The predicted molar refractivity (Wildman–Crippen MR) is 118 cm³/mol. The first-order chi connectivity index (χ1) is 14.0. The lowest BCUT2D eigenvalue weighted by atomic mass is 10.1. The summed E-state index contributed by atoms with van der Waals surface area (Å²) in [5.41, 5.74) is 1.58. The SMILES string of the molecule is CC[C@H](C(=O)N[C@H](C)c1ccccc1)n1nc(C)c2sc3ccccc3c2c1=O. The van der Waals surface area contributed by atoms with Crippen molar-refractivity contribution in [2.45, 2.75) is 39.3 Å². The molecule has 0 saturated carbocycles. The third kappa shape index (κ3) is 3.44. The van der Waals surface area contributed by atoms with Crippen LogP contribution in [0.4, 0.5) is 0 Å². The van der Waals surface area contributed by atoms with Gasteiger partial charge in [0.2, 0.25) is 5.91 Å². The molecule has 2 atom stereocenters. The molecule has 0 spiro atoms. The molecule has 0 aliphatic rings. The predicted octanol–water partition coefficient (Wildman–Crippen LogP) is 4.75. The molecule has 1 amide bonds. The number of hydrogen-bond donors (Lipinski definition) is 1. The van der Waals surface area contributed by atoms with Crippen LogP contribution in [0.5, 0.6) is 0 Å². The summed E-state index contributed by atoms with van der Waals surface area (Å²) in [5, 5.41) is 9.13. The Kier molecular flexibility index (Phi) is 5.20. The molecule has 0 aliphatic carbocycles. The van der Waals surface area contributed by atoms with Crippen LogP contribution in [0, 0.1) is 6.92 Å². The molecule has 148 valence electrons. The molecule has 0 unspecified atom stereocenters. The van der Waals surface area contributed by atoms with Crippen molar-refractivity contribution in [3.8, 4) is 0 Å². The lowest BCUT2D eigenvalue weighted by molar-refractivity contribution is -0.125. The van der Waals surface area contributed by atoms with Gasteiger partial charge in [-0.1, -0.05) is 55.5 Å². The summed E-state index contributed by atoms with van der Waals surface area (Å²) in [7, 11) is 0. The second-order valence-corrected chi connectivity index (χ2v) is 8.25. The fourth-order valence-corrected chi connectivity index (χ4v) is 4.83. The minimum atomic E-state index is -0.657. The Labute approximate surface area is 173 Å². The molecule has 2 aromatic heterocycles. The van der Waals surface area contributed by atoms with Crippen LogP contribution in [-0.2, 0) is 4.79 Å². The first kappa shape index (κ1) is 19.3. The summed E-state index contributed by atoms with van der Waals surface area (Å²) in [6.07, 6.45) is 0.479. The van der Waals surface area contributed by atoms with Crippen molar-refractivity contribution in [1.29, 1.82) is 0 Å². The Morgan fingerprint density at radius 3 is 2.55 bits per heavy atom. The third-order valence-corrected chi connectivity index (χ3v) is 6.53. The second kappa shape index (κ2) is 7.79. The molecule has 2 aromatic carbocycles. The molecule has 0 saturated heterocycles. The van der Waals surface area contributed by atoms with Gasteiger partial charge in [-0.25, -0.2) is 4.68 Å². The van der Waals surface area contributed by atoms with Crippen LogP contribution in [0.25, 0.3) is 20.2 Å². The highest BCUT2D eigenvalue weighted by atomic mass is 32.1. The lowest BCUT2D eigenvalue weighted by Gasteiger charge is -2.21. The molecule has 4 aromatic rings. The van der Waals surface area contributed by atoms with Gasteiger partial charge in [0, 0.05) is 10.1 Å². The molecule has 0 radical (unpaired) electrons. The van der Waals surface area contributed by atoms with Crippen molar-refractivity contribution in [2.75, 3.05) is 0 Å². The zero-order valence-electron chi connectivity index (χ0n) is 16.7. The zero-order chi connectivity index (χ0) is 20.5. The molecule has 29 heavy (non-hydrogen) atoms. The van der Waals surface area contributed by atoms with Gasteiger partial charge in [-0.3, -0.25) is 9.59 Å². The highest BCUT2D eigenvalue weighted by Gasteiger charge is 2.25. The Bertz CT molecular complexity index is 1240. The highest BCUT2D eigenvalue weighted by Crippen LogP contribution is 2.33. The highest BCUT2D eigenvalue weighted by molar-refractivity contribution is 7.26. The maximum absolute atomic E-state index is 13.3. The van der Waals surface area contributed by atoms with Gasteiger partial charge in [0.05, 0.1) is 21.8 Å². The normalized spacial score (nSPS) is 13.5. The van der Waals surface area contributed by atoms with Gasteiger partial charge in [0.25, 0.3) is 5.56 Å². The summed E-state index contributed by atoms with van der Waals surface area (Å²) in [4.78, 5) is 26.4. The summed E-state index contributed by atoms with van der Waals surface area (Å²) in [6, 6.07) is 16.8. The van der Waals surface area contributed by atoms with Gasteiger partial charge in [-0.2, -0.15) is 5.10 Å².